The van der Waals surface area contributed by atoms with Gasteiger partial charge in [0.15, 0.2) is 0 Å². The maximum Gasteiger partial charge on any atom is 0.342 e. The maximum atomic E-state index is 12.5. The summed E-state index contributed by atoms with van der Waals surface area (Å²) in [5.41, 5.74) is 2.92. The van der Waals surface area contributed by atoms with Gasteiger partial charge >= 0.3 is 5.97 Å². The molecule has 1 saturated heterocycles. The lowest BCUT2D eigenvalue weighted by Gasteiger charge is -2.36. The summed E-state index contributed by atoms with van der Waals surface area (Å²) in [6.07, 6.45) is 1.57. The predicted octanol–water partition coefficient (Wildman–Crippen LogP) is 5.31. The minimum absolute atomic E-state index is 0.157. The van der Waals surface area contributed by atoms with Crippen molar-refractivity contribution in [3.05, 3.63) is 88.0 Å². The van der Waals surface area contributed by atoms with E-state index in [2.05, 4.69) is 55.0 Å². The largest absolute Gasteiger partial charge is 0.489 e. The molecular formula is C27H30BrN3O3. The van der Waals surface area contributed by atoms with Gasteiger partial charge in [-0.25, -0.2) is 9.78 Å². The van der Waals surface area contributed by atoms with E-state index in [0.29, 0.717) is 18.0 Å². The fraction of sp³-hybridized carbons (Fsp3) is 0.333. The monoisotopic (exact) mass is 523 g/mol. The third-order valence-electron chi connectivity index (χ3n) is 5.67. The highest BCUT2D eigenvalue weighted by molar-refractivity contribution is 9.10. The Kier molecular flexibility index (Phi) is 8.19. The number of rotatable bonds is 8. The van der Waals surface area contributed by atoms with Crippen LogP contribution in [-0.4, -0.2) is 48.1 Å². The molecule has 0 saturated carbocycles. The van der Waals surface area contributed by atoms with Crippen LogP contribution in [0.1, 0.15) is 35.3 Å². The second-order valence-corrected chi connectivity index (χ2v) is 9.57. The van der Waals surface area contributed by atoms with Crippen LogP contribution in [0, 0.1) is 0 Å². The van der Waals surface area contributed by atoms with E-state index < -0.39 is 0 Å². The summed E-state index contributed by atoms with van der Waals surface area (Å²) in [5, 5.41) is 0. The molecule has 4 rings (SSSR count). The number of hydrogen-bond donors (Lipinski definition) is 0. The Labute approximate surface area is 209 Å². The number of benzene rings is 2. The van der Waals surface area contributed by atoms with Crippen LogP contribution in [-0.2, 0) is 17.9 Å². The fourth-order valence-electron chi connectivity index (χ4n) is 3.90. The number of halogens is 1. The molecule has 34 heavy (non-hydrogen) atoms. The molecular weight excluding hydrogens is 494 g/mol. The zero-order valence-electron chi connectivity index (χ0n) is 19.6. The van der Waals surface area contributed by atoms with Crippen molar-refractivity contribution in [3.63, 3.8) is 0 Å². The first-order chi connectivity index (χ1) is 16.5. The number of nitrogens with zero attached hydrogens (tertiary/aromatic N) is 3. The molecule has 1 aromatic heterocycles. The van der Waals surface area contributed by atoms with E-state index in [4.69, 9.17) is 9.47 Å². The summed E-state index contributed by atoms with van der Waals surface area (Å²) in [4.78, 5) is 21.6. The highest BCUT2D eigenvalue weighted by Crippen LogP contribution is 2.22. The van der Waals surface area contributed by atoms with E-state index in [1.807, 2.05) is 38.1 Å². The van der Waals surface area contributed by atoms with E-state index in [-0.39, 0.29) is 12.1 Å². The molecule has 1 aliphatic rings. The number of ether oxygens (including phenoxy) is 2. The smallest absolute Gasteiger partial charge is 0.342 e. The van der Waals surface area contributed by atoms with Gasteiger partial charge in [-0.05, 0) is 61.4 Å². The molecule has 0 aliphatic carbocycles. The van der Waals surface area contributed by atoms with Gasteiger partial charge in [0.05, 0.1) is 6.10 Å². The van der Waals surface area contributed by atoms with Gasteiger partial charge in [-0.2, -0.15) is 0 Å². The van der Waals surface area contributed by atoms with Crippen molar-refractivity contribution in [1.82, 2.24) is 9.88 Å². The zero-order chi connectivity index (χ0) is 23.9. The van der Waals surface area contributed by atoms with Crippen LogP contribution in [0.15, 0.2) is 71.3 Å². The molecule has 6 nitrogen and oxygen atoms in total. The molecule has 0 N–H and O–H groups in total. The lowest BCUT2D eigenvalue weighted by atomic mass is 10.1. The summed E-state index contributed by atoms with van der Waals surface area (Å²) >= 11 is 3.45. The Bertz CT molecular complexity index is 1080. The molecule has 1 fully saturated rings. The van der Waals surface area contributed by atoms with Crippen LogP contribution in [0.4, 0.5) is 5.82 Å². The highest BCUT2D eigenvalue weighted by Gasteiger charge is 2.23. The number of anilines is 1. The maximum absolute atomic E-state index is 12.5. The number of carbonyl (C=O) groups excluding carboxylic acids is 1. The first kappa shape index (κ1) is 24.2. The van der Waals surface area contributed by atoms with Crippen LogP contribution in [0.3, 0.4) is 0 Å². The van der Waals surface area contributed by atoms with Crippen LogP contribution in [0.2, 0.25) is 0 Å². The van der Waals surface area contributed by atoms with Crippen molar-refractivity contribution in [2.75, 3.05) is 31.1 Å². The summed E-state index contributed by atoms with van der Waals surface area (Å²) in [5.74, 6) is 1.26. The number of carbonyl (C=O) groups is 1. The molecule has 0 spiro atoms. The van der Waals surface area contributed by atoms with Gasteiger partial charge in [0.1, 0.15) is 23.7 Å². The van der Waals surface area contributed by atoms with Gasteiger partial charge < -0.3 is 14.4 Å². The molecule has 7 heteroatoms. The quantitative estimate of drug-likeness (QED) is 0.373. The number of hydrogen-bond acceptors (Lipinski definition) is 6. The minimum Gasteiger partial charge on any atom is -0.489 e. The Balaban J connectivity index is 1.28. The Morgan fingerprint density at radius 1 is 0.971 bits per heavy atom. The van der Waals surface area contributed by atoms with Crippen molar-refractivity contribution in [2.24, 2.45) is 0 Å². The average Bonchev–Trinajstić information content (AvgIpc) is 2.85. The summed E-state index contributed by atoms with van der Waals surface area (Å²) < 4.78 is 12.4. The van der Waals surface area contributed by atoms with Crippen molar-refractivity contribution >= 4 is 27.7 Å². The van der Waals surface area contributed by atoms with Crippen LogP contribution >= 0.6 is 15.9 Å². The SMILES string of the molecule is CC(C)OC(=O)c1cccnc1N1CCN(Cc2ccc(OCc3ccc(Br)cc3)cc2)CC1. The fourth-order valence-corrected chi connectivity index (χ4v) is 4.16. The van der Waals surface area contributed by atoms with Crippen LogP contribution < -0.4 is 9.64 Å². The van der Waals surface area contributed by atoms with E-state index in [1.165, 1.54) is 5.56 Å². The Morgan fingerprint density at radius 3 is 2.32 bits per heavy atom. The van der Waals surface area contributed by atoms with Crippen molar-refractivity contribution in [1.29, 1.82) is 0 Å². The van der Waals surface area contributed by atoms with Gasteiger partial charge in [-0.1, -0.05) is 40.2 Å². The molecule has 0 unspecified atom stereocenters. The topological polar surface area (TPSA) is 54.9 Å². The normalized spacial score (nSPS) is 14.3. The van der Waals surface area contributed by atoms with Crippen molar-refractivity contribution in [2.45, 2.75) is 33.1 Å². The number of pyridine rings is 1. The molecule has 3 aromatic rings. The highest BCUT2D eigenvalue weighted by atomic mass is 79.9. The lowest BCUT2D eigenvalue weighted by molar-refractivity contribution is 0.0378. The summed E-state index contributed by atoms with van der Waals surface area (Å²) in [7, 11) is 0. The molecule has 178 valence electrons. The summed E-state index contributed by atoms with van der Waals surface area (Å²) in [6.45, 7) is 8.57. The molecule has 0 amide bonds. The van der Waals surface area contributed by atoms with Crippen LogP contribution in [0.25, 0.3) is 0 Å². The van der Waals surface area contributed by atoms with E-state index in [9.17, 15) is 4.79 Å². The summed E-state index contributed by atoms with van der Waals surface area (Å²) in [6, 6.07) is 20.0. The van der Waals surface area contributed by atoms with Crippen molar-refractivity contribution in [3.8, 4) is 5.75 Å². The molecule has 0 bridgehead atoms. The molecule has 0 atom stereocenters. The number of piperazine rings is 1. The van der Waals surface area contributed by atoms with Gasteiger partial charge in [0.25, 0.3) is 0 Å². The third-order valence-corrected chi connectivity index (χ3v) is 6.20. The van der Waals surface area contributed by atoms with E-state index in [1.54, 1.807) is 18.3 Å². The minimum atomic E-state index is -0.317. The average molecular weight is 524 g/mol. The molecule has 0 radical (unpaired) electrons. The van der Waals surface area contributed by atoms with Gasteiger partial charge in [-0.3, -0.25) is 4.90 Å². The van der Waals surface area contributed by atoms with Crippen molar-refractivity contribution < 1.29 is 14.3 Å². The standard InChI is InChI=1S/C27H30BrN3O3/c1-20(2)34-27(32)25-4-3-13-29-26(25)31-16-14-30(15-17-31)18-21-7-11-24(12-8-21)33-19-22-5-9-23(28)10-6-22/h3-13,20H,14-19H2,1-2H3. The van der Waals surface area contributed by atoms with Gasteiger partial charge in [0.2, 0.25) is 0 Å². The van der Waals surface area contributed by atoms with Gasteiger partial charge in [-0.15, -0.1) is 0 Å². The van der Waals surface area contributed by atoms with Gasteiger partial charge in [0, 0.05) is 43.4 Å². The second kappa shape index (κ2) is 11.5. The second-order valence-electron chi connectivity index (χ2n) is 8.65. The predicted molar refractivity (Wildman–Crippen MR) is 137 cm³/mol. The number of aromatic nitrogens is 1. The lowest BCUT2D eigenvalue weighted by Crippen LogP contribution is -2.46. The molecule has 2 heterocycles. The van der Waals surface area contributed by atoms with Crippen LogP contribution in [0.5, 0.6) is 5.75 Å². The molecule has 2 aromatic carbocycles. The number of esters is 1. The Morgan fingerprint density at radius 2 is 1.65 bits per heavy atom. The zero-order valence-corrected chi connectivity index (χ0v) is 21.2. The van der Waals surface area contributed by atoms with E-state index >= 15 is 0 Å². The Hall–Kier alpha value is -2.90. The first-order valence-electron chi connectivity index (χ1n) is 11.6. The van der Waals surface area contributed by atoms with E-state index in [0.717, 1.165) is 48.5 Å². The molecule has 1 aliphatic heterocycles. The first-order valence-corrected chi connectivity index (χ1v) is 12.4. The third kappa shape index (κ3) is 6.58.